The number of nitrogens with zero attached hydrogens (tertiary/aromatic N) is 1. The third-order valence-electron chi connectivity index (χ3n) is 2.53. The topological polar surface area (TPSA) is 23.5 Å². The molecule has 0 aliphatic carbocycles. The highest BCUT2D eigenvalue weighted by Gasteiger charge is 2.03. The molecule has 0 aromatic heterocycles. The molecule has 84 valence electrons. The Balaban J connectivity index is 2.68. The zero-order chi connectivity index (χ0) is 11.4. The molecule has 0 bridgehead atoms. The van der Waals surface area contributed by atoms with Crippen molar-refractivity contribution in [1.29, 1.82) is 0 Å². The number of anilines is 1. The quantitative estimate of drug-likeness (QED) is 0.820. The van der Waals surface area contributed by atoms with Crippen molar-refractivity contribution in [3.63, 3.8) is 0 Å². The Hall–Kier alpha value is -1.02. The van der Waals surface area contributed by atoms with E-state index in [1.165, 1.54) is 16.8 Å². The van der Waals surface area contributed by atoms with E-state index in [-0.39, 0.29) is 6.10 Å². The highest BCUT2D eigenvalue weighted by atomic mass is 16.3. The van der Waals surface area contributed by atoms with E-state index < -0.39 is 0 Å². The molecule has 0 saturated carbocycles. The van der Waals surface area contributed by atoms with E-state index in [0.29, 0.717) is 0 Å². The average molecular weight is 207 g/mol. The van der Waals surface area contributed by atoms with E-state index in [1.807, 2.05) is 6.92 Å². The van der Waals surface area contributed by atoms with Gasteiger partial charge in [0.2, 0.25) is 0 Å². The molecule has 0 heterocycles. The van der Waals surface area contributed by atoms with Gasteiger partial charge >= 0.3 is 0 Å². The fraction of sp³-hybridized carbons (Fsp3) is 0.538. The first-order chi connectivity index (χ1) is 6.99. The Labute approximate surface area is 92.5 Å². The molecular formula is C13H21NO. The van der Waals surface area contributed by atoms with Crippen LogP contribution in [0.5, 0.6) is 0 Å². The second-order valence-electron chi connectivity index (χ2n) is 4.41. The van der Waals surface area contributed by atoms with E-state index in [4.69, 9.17) is 0 Å². The maximum Gasteiger partial charge on any atom is 0.0528 e. The van der Waals surface area contributed by atoms with Gasteiger partial charge < -0.3 is 10.0 Å². The Bertz CT molecular complexity index is 300. The number of benzene rings is 1. The summed E-state index contributed by atoms with van der Waals surface area (Å²) in [5.41, 5.74) is 3.80. The van der Waals surface area contributed by atoms with Crippen LogP contribution in [0.15, 0.2) is 18.2 Å². The lowest BCUT2D eigenvalue weighted by molar-refractivity contribution is 0.187. The minimum atomic E-state index is -0.224. The molecule has 2 nitrogen and oxygen atoms in total. The minimum absolute atomic E-state index is 0.224. The third-order valence-corrected chi connectivity index (χ3v) is 2.53. The smallest absolute Gasteiger partial charge is 0.0528 e. The number of hydrogen-bond acceptors (Lipinski definition) is 2. The summed E-state index contributed by atoms with van der Waals surface area (Å²) in [4.78, 5) is 2.19. The first-order valence-corrected chi connectivity index (χ1v) is 5.46. The van der Waals surface area contributed by atoms with Crippen molar-refractivity contribution in [2.75, 3.05) is 18.5 Å². The lowest BCUT2D eigenvalue weighted by Gasteiger charge is -2.21. The maximum absolute atomic E-state index is 9.23. The number of aryl methyl sites for hydroxylation is 2. The van der Waals surface area contributed by atoms with Crippen molar-refractivity contribution >= 4 is 5.69 Å². The summed E-state index contributed by atoms with van der Waals surface area (Å²) in [5.74, 6) is 0. The molecule has 0 aliphatic rings. The van der Waals surface area contributed by atoms with Crippen LogP contribution < -0.4 is 4.90 Å². The van der Waals surface area contributed by atoms with E-state index in [1.54, 1.807) is 0 Å². The molecule has 1 aromatic carbocycles. The summed E-state index contributed by atoms with van der Waals surface area (Å²) in [5, 5.41) is 9.23. The molecule has 1 atom stereocenters. The highest BCUT2D eigenvalue weighted by molar-refractivity contribution is 5.50. The van der Waals surface area contributed by atoms with Gasteiger partial charge in [-0.2, -0.15) is 0 Å². The van der Waals surface area contributed by atoms with Crippen LogP contribution in [0.25, 0.3) is 0 Å². The van der Waals surface area contributed by atoms with Crippen LogP contribution in [-0.4, -0.2) is 24.8 Å². The maximum atomic E-state index is 9.23. The van der Waals surface area contributed by atoms with Crippen LogP contribution in [-0.2, 0) is 0 Å². The largest absolute Gasteiger partial charge is 0.393 e. The van der Waals surface area contributed by atoms with Crippen molar-refractivity contribution in [3.05, 3.63) is 29.3 Å². The molecular weight excluding hydrogens is 186 g/mol. The fourth-order valence-corrected chi connectivity index (χ4v) is 1.68. The molecule has 1 aromatic rings. The van der Waals surface area contributed by atoms with Gasteiger partial charge in [0.1, 0.15) is 0 Å². The number of aliphatic hydroxyl groups is 1. The molecule has 15 heavy (non-hydrogen) atoms. The standard InChI is InChI=1S/C13H21NO/c1-10-7-11(2)9-13(8-10)14(4)6-5-12(3)15/h7-9,12,15H,5-6H2,1-4H3. The van der Waals surface area contributed by atoms with Crippen molar-refractivity contribution in [2.45, 2.75) is 33.3 Å². The van der Waals surface area contributed by atoms with Crippen LogP contribution in [0.2, 0.25) is 0 Å². The van der Waals surface area contributed by atoms with Crippen LogP contribution in [0.4, 0.5) is 5.69 Å². The summed E-state index contributed by atoms with van der Waals surface area (Å²) in [6, 6.07) is 6.52. The summed E-state index contributed by atoms with van der Waals surface area (Å²) in [6.07, 6.45) is 0.585. The lowest BCUT2D eigenvalue weighted by atomic mass is 10.1. The molecule has 0 aliphatic heterocycles. The summed E-state index contributed by atoms with van der Waals surface area (Å²) < 4.78 is 0. The summed E-state index contributed by atoms with van der Waals surface area (Å²) in [7, 11) is 2.07. The second-order valence-corrected chi connectivity index (χ2v) is 4.41. The Morgan fingerprint density at radius 2 is 1.73 bits per heavy atom. The zero-order valence-electron chi connectivity index (χ0n) is 10.1. The first kappa shape index (κ1) is 12.1. The number of aliphatic hydroxyl groups excluding tert-OH is 1. The van der Waals surface area contributed by atoms with Crippen LogP contribution in [0.3, 0.4) is 0 Å². The van der Waals surface area contributed by atoms with Gasteiger partial charge in [-0.1, -0.05) is 6.07 Å². The van der Waals surface area contributed by atoms with Gasteiger partial charge in [-0.05, 0) is 50.5 Å². The van der Waals surface area contributed by atoms with Gasteiger partial charge in [0.25, 0.3) is 0 Å². The molecule has 0 amide bonds. The average Bonchev–Trinajstić information content (AvgIpc) is 2.12. The van der Waals surface area contributed by atoms with E-state index in [9.17, 15) is 5.11 Å². The van der Waals surface area contributed by atoms with Gasteiger partial charge in [-0.15, -0.1) is 0 Å². The predicted molar refractivity (Wildman–Crippen MR) is 65.5 cm³/mol. The van der Waals surface area contributed by atoms with Crippen LogP contribution in [0.1, 0.15) is 24.5 Å². The molecule has 1 rings (SSSR count). The van der Waals surface area contributed by atoms with Gasteiger partial charge in [0.15, 0.2) is 0 Å². The minimum Gasteiger partial charge on any atom is -0.393 e. The molecule has 2 heteroatoms. The Kier molecular flexibility index (Phi) is 4.15. The summed E-state index contributed by atoms with van der Waals surface area (Å²) in [6.45, 7) is 6.94. The number of rotatable bonds is 4. The molecule has 0 fully saturated rings. The van der Waals surface area contributed by atoms with Crippen molar-refractivity contribution in [1.82, 2.24) is 0 Å². The predicted octanol–water partition coefficient (Wildman–Crippen LogP) is 2.51. The zero-order valence-corrected chi connectivity index (χ0v) is 10.1. The van der Waals surface area contributed by atoms with Gasteiger partial charge in [-0.3, -0.25) is 0 Å². The lowest BCUT2D eigenvalue weighted by Crippen LogP contribution is -2.21. The van der Waals surface area contributed by atoms with Crippen molar-refractivity contribution < 1.29 is 5.11 Å². The molecule has 1 N–H and O–H groups in total. The van der Waals surface area contributed by atoms with Gasteiger partial charge in [0, 0.05) is 19.3 Å². The van der Waals surface area contributed by atoms with Gasteiger partial charge in [0.05, 0.1) is 6.10 Å². The van der Waals surface area contributed by atoms with Crippen molar-refractivity contribution in [2.24, 2.45) is 0 Å². The van der Waals surface area contributed by atoms with E-state index in [2.05, 4.69) is 44.0 Å². The van der Waals surface area contributed by atoms with Crippen LogP contribution >= 0.6 is 0 Å². The fourth-order valence-electron chi connectivity index (χ4n) is 1.68. The number of hydrogen-bond donors (Lipinski definition) is 1. The molecule has 1 unspecified atom stereocenters. The normalized spacial score (nSPS) is 12.6. The van der Waals surface area contributed by atoms with Gasteiger partial charge in [-0.25, -0.2) is 0 Å². The monoisotopic (exact) mass is 207 g/mol. The molecule has 0 saturated heterocycles. The third kappa shape index (κ3) is 3.92. The SMILES string of the molecule is Cc1cc(C)cc(N(C)CCC(C)O)c1. The van der Waals surface area contributed by atoms with Crippen molar-refractivity contribution in [3.8, 4) is 0 Å². The Morgan fingerprint density at radius 1 is 1.20 bits per heavy atom. The molecule has 0 spiro atoms. The van der Waals surface area contributed by atoms with Crippen LogP contribution in [0, 0.1) is 13.8 Å². The highest BCUT2D eigenvalue weighted by Crippen LogP contribution is 2.17. The molecule has 0 radical (unpaired) electrons. The first-order valence-electron chi connectivity index (χ1n) is 5.46. The summed E-state index contributed by atoms with van der Waals surface area (Å²) >= 11 is 0. The second kappa shape index (κ2) is 5.17. The van der Waals surface area contributed by atoms with E-state index in [0.717, 1.165) is 13.0 Å². The van der Waals surface area contributed by atoms with E-state index >= 15 is 0 Å². The Morgan fingerprint density at radius 3 is 2.20 bits per heavy atom.